The molecule has 5 heteroatoms. The molecule has 0 aliphatic carbocycles. The van der Waals surface area contributed by atoms with E-state index in [2.05, 4.69) is 20.9 Å². The summed E-state index contributed by atoms with van der Waals surface area (Å²) in [7, 11) is 0. The fraction of sp³-hybridized carbons (Fsp3) is 0.133. The van der Waals surface area contributed by atoms with Crippen molar-refractivity contribution in [3.05, 3.63) is 58.3 Å². The zero-order valence-electron chi connectivity index (χ0n) is 10.8. The van der Waals surface area contributed by atoms with Crippen molar-refractivity contribution in [2.45, 2.75) is 13.3 Å². The van der Waals surface area contributed by atoms with Crippen LogP contribution in [0, 0.1) is 0 Å². The van der Waals surface area contributed by atoms with Gasteiger partial charge in [-0.05, 0) is 39.7 Å². The Balaban J connectivity index is 2.06. The van der Waals surface area contributed by atoms with E-state index in [9.17, 15) is 9.59 Å². The molecular weight excluding hydrogens is 322 g/mol. The maximum Gasteiger partial charge on any atom is 0.308 e. The van der Waals surface area contributed by atoms with Gasteiger partial charge in [0.1, 0.15) is 5.75 Å². The van der Waals surface area contributed by atoms with Gasteiger partial charge in [-0.1, -0.05) is 12.1 Å². The number of hydrogen-bond acceptors (Lipinski definition) is 4. The summed E-state index contributed by atoms with van der Waals surface area (Å²) >= 11 is 3.29. The second-order valence-corrected chi connectivity index (χ2v) is 5.15. The Morgan fingerprint density at radius 1 is 1.20 bits per heavy atom. The van der Waals surface area contributed by atoms with E-state index in [1.54, 1.807) is 42.7 Å². The third-order valence-electron chi connectivity index (χ3n) is 2.58. The molecule has 0 unspecified atom stereocenters. The van der Waals surface area contributed by atoms with Gasteiger partial charge in [-0.3, -0.25) is 14.6 Å². The number of benzene rings is 1. The smallest absolute Gasteiger partial charge is 0.308 e. The average Bonchev–Trinajstić information content (AvgIpc) is 2.40. The van der Waals surface area contributed by atoms with E-state index < -0.39 is 0 Å². The SMILES string of the molecule is CC(=O)Oc1ccc(CC(=O)c2cncc(Br)c2)cc1. The molecule has 20 heavy (non-hydrogen) atoms. The Morgan fingerprint density at radius 3 is 2.50 bits per heavy atom. The van der Waals surface area contributed by atoms with Gasteiger partial charge in [-0.15, -0.1) is 0 Å². The molecule has 0 saturated heterocycles. The molecule has 0 aliphatic heterocycles. The van der Waals surface area contributed by atoms with Gasteiger partial charge in [-0.25, -0.2) is 0 Å². The van der Waals surface area contributed by atoms with E-state index in [0.717, 1.165) is 10.0 Å². The fourth-order valence-corrected chi connectivity index (χ4v) is 2.06. The first-order valence-electron chi connectivity index (χ1n) is 5.96. The molecule has 0 bridgehead atoms. The molecule has 2 rings (SSSR count). The summed E-state index contributed by atoms with van der Waals surface area (Å²) in [4.78, 5) is 26.9. The summed E-state index contributed by atoms with van der Waals surface area (Å²) in [6.45, 7) is 1.34. The number of pyridine rings is 1. The lowest BCUT2D eigenvalue weighted by atomic mass is 10.0. The van der Waals surface area contributed by atoms with E-state index in [1.807, 2.05) is 0 Å². The van der Waals surface area contributed by atoms with Gasteiger partial charge in [0.05, 0.1) is 0 Å². The van der Waals surface area contributed by atoms with Crippen molar-refractivity contribution in [3.8, 4) is 5.75 Å². The van der Waals surface area contributed by atoms with Crippen molar-refractivity contribution in [2.24, 2.45) is 0 Å². The molecule has 1 aromatic carbocycles. The maximum absolute atomic E-state index is 12.1. The number of rotatable bonds is 4. The highest BCUT2D eigenvalue weighted by molar-refractivity contribution is 9.10. The van der Waals surface area contributed by atoms with Gasteiger partial charge < -0.3 is 4.74 Å². The molecule has 0 N–H and O–H groups in total. The minimum atomic E-state index is -0.367. The number of carbonyl (C=O) groups is 2. The van der Waals surface area contributed by atoms with Crippen LogP contribution in [0.1, 0.15) is 22.8 Å². The van der Waals surface area contributed by atoms with Crippen LogP contribution in [-0.2, 0) is 11.2 Å². The Kier molecular flexibility index (Phi) is 4.63. The van der Waals surface area contributed by atoms with Gasteiger partial charge in [-0.2, -0.15) is 0 Å². The minimum absolute atomic E-state index is 0.0148. The Morgan fingerprint density at radius 2 is 1.90 bits per heavy atom. The van der Waals surface area contributed by atoms with Gasteiger partial charge in [0.25, 0.3) is 0 Å². The number of Topliss-reactive ketones (excluding diaryl/α,β-unsaturated/α-hetero) is 1. The first kappa shape index (κ1) is 14.4. The van der Waals surface area contributed by atoms with E-state index in [1.165, 1.54) is 6.92 Å². The van der Waals surface area contributed by atoms with Crippen molar-refractivity contribution >= 4 is 27.7 Å². The number of ether oxygens (including phenoxy) is 1. The van der Waals surface area contributed by atoms with Crippen LogP contribution >= 0.6 is 15.9 Å². The second-order valence-electron chi connectivity index (χ2n) is 4.23. The lowest BCUT2D eigenvalue weighted by Crippen LogP contribution is -2.05. The van der Waals surface area contributed by atoms with Crippen molar-refractivity contribution in [1.29, 1.82) is 0 Å². The molecule has 0 fully saturated rings. The van der Waals surface area contributed by atoms with Crippen LogP contribution in [0.15, 0.2) is 47.2 Å². The van der Waals surface area contributed by atoms with Crippen LogP contribution in [-0.4, -0.2) is 16.7 Å². The highest BCUT2D eigenvalue weighted by Gasteiger charge is 2.08. The van der Waals surface area contributed by atoms with E-state index >= 15 is 0 Å². The summed E-state index contributed by atoms with van der Waals surface area (Å²) in [5.41, 5.74) is 1.41. The number of aromatic nitrogens is 1. The number of hydrogen-bond donors (Lipinski definition) is 0. The monoisotopic (exact) mass is 333 g/mol. The third kappa shape index (κ3) is 3.99. The highest BCUT2D eigenvalue weighted by Crippen LogP contribution is 2.15. The third-order valence-corrected chi connectivity index (χ3v) is 3.01. The molecule has 1 heterocycles. The summed E-state index contributed by atoms with van der Waals surface area (Å²) < 4.78 is 5.71. The number of nitrogens with zero attached hydrogens (tertiary/aromatic N) is 1. The number of halogens is 1. The first-order chi connectivity index (χ1) is 9.54. The topological polar surface area (TPSA) is 56.3 Å². The largest absolute Gasteiger partial charge is 0.427 e. The lowest BCUT2D eigenvalue weighted by Gasteiger charge is -2.04. The molecule has 0 radical (unpaired) electrons. The zero-order valence-corrected chi connectivity index (χ0v) is 12.4. The van der Waals surface area contributed by atoms with E-state index in [0.29, 0.717) is 11.3 Å². The van der Waals surface area contributed by atoms with Crippen molar-refractivity contribution in [3.63, 3.8) is 0 Å². The van der Waals surface area contributed by atoms with Gasteiger partial charge in [0, 0.05) is 35.8 Å². The predicted octanol–water partition coefficient (Wildman–Crippen LogP) is 3.19. The number of carbonyl (C=O) groups excluding carboxylic acids is 2. The van der Waals surface area contributed by atoms with Crippen LogP contribution in [0.4, 0.5) is 0 Å². The molecule has 4 nitrogen and oxygen atoms in total. The zero-order chi connectivity index (χ0) is 14.5. The van der Waals surface area contributed by atoms with E-state index in [-0.39, 0.29) is 18.2 Å². The van der Waals surface area contributed by atoms with Crippen LogP contribution < -0.4 is 4.74 Å². The van der Waals surface area contributed by atoms with E-state index in [4.69, 9.17) is 4.74 Å². The minimum Gasteiger partial charge on any atom is -0.427 e. The van der Waals surface area contributed by atoms with Crippen LogP contribution in [0.3, 0.4) is 0 Å². The highest BCUT2D eigenvalue weighted by atomic mass is 79.9. The molecule has 0 amide bonds. The van der Waals surface area contributed by atoms with Gasteiger partial charge in [0.2, 0.25) is 0 Å². The standard InChI is InChI=1S/C15H12BrNO3/c1-10(18)20-14-4-2-11(3-5-14)6-15(19)12-7-13(16)9-17-8-12/h2-5,7-9H,6H2,1H3. The summed E-state index contributed by atoms with van der Waals surface area (Å²) in [5.74, 6) is 0.0888. The average molecular weight is 334 g/mol. The van der Waals surface area contributed by atoms with Crippen molar-refractivity contribution in [1.82, 2.24) is 4.98 Å². The lowest BCUT2D eigenvalue weighted by molar-refractivity contribution is -0.131. The molecule has 0 saturated carbocycles. The molecule has 2 aromatic rings. The second kappa shape index (κ2) is 6.43. The maximum atomic E-state index is 12.1. The summed E-state index contributed by atoms with van der Waals surface area (Å²) in [6, 6.07) is 8.61. The van der Waals surface area contributed by atoms with Crippen molar-refractivity contribution < 1.29 is 14.3 Å². The fourth-order valence-electron chi connectivity index (χ4n) is 1.69. The summed E-state index contributed by atoms with van der Waals surface area (Å²) in [6.07, 6.45) is 3.45. The first-order valence-corrected chi connectivity index (χ1v) is 6.75. The molecule has 0 aliphatic rings. The normalized spacial score (nSPS) is 10.1. The van der Waals surface area contributed by atoms with Crippen LogP contribution in [0.5, 0.6) is 5.75 Å². The van der Waals surface area contributed by atoms with Crippen molar-refractivity contribution in [2.75, 3.05) is 0 Å². The van der Waals surface area contributed by atoms with Crippen LogP contribution in [0.25, 0.3) is 0 Å². The Bertz CT molecular complexity index is 638. The molecule has 1 aromatic heterocycles. The molecule has 0 spiro atoms. The predicted molar refractivity (Wildman–Crippen MR) is 77.7 cm³/mol. The number of esters is 1. The molecular formula is C15H12BrNO3. The molecule has 0 atom stereocenters. The molecule has 102 valence electrons. The van der Waals surface area contributed by atoms with Gasteiger partial charge >= 0.3 is 5.97 Å². The summed E-state index contributed by atoms with van der Waals surface area (Å²) in [5, 5.41) is 0. The Hall–Kier alpha value is -2.01. The Labute approximate surface area is 124 Å². The van der Waals surface area contributed by atoms with Crippen LogP contribution in [0.2, 0.25) is 0 Å². The quantitative estimate of drug-likeness (QED) is 0.489. The van der Waals surface area contributed by atoms with Gasteiger partial charge in [0.15, 0.2) is 5.78 Å². The number of ketones is 1.